The van der Waals surface area contributed by atoms with Gasteiger partial charge in [0.25, 0.3) is 0 Å². The lowest BCUT2D eigenvalue weighted by atomic mass is 9.80. The van der Waals surface area contributed by atoms with Gasteiger partial charge in [0, 0.05) is 60.0 Å². The Balaban J connectivity index is 0.00000308. The second-order valence-electron chi connectivity index (χ2n) is 12.0. The average molecular weight is 544 g/mol. The molecule has 0 bridgehead atoms. The van der Waals surface area contributed by atoms with Crippen molar-refractivity contribution in [3.05, 3.63) is 78.1 Å². The minimum absolute atomic E-state index is 0. The van der Waals surface area contributed by atoms with Gasteiger partial charge in [-0.25, -0.2) is 0 Å². The van der Waals surface area contributed by atoms with Crippen LogP contribution >= 0.6 is 12.4 Å². The molecule has 2 aromatic carbocycles. The van der Waals surface area contributed by atoms with Crippen molar-refractivity contribution >= 4 is 40.0 Å². The van der Waals surface area contributed by atoms with Crippen LogP contribution in [0.1, 0.15) is 87.7 Å². The maximum Gasteiger partial charge on any atom is 0.134 e. The highest BCUT2D eigenvalue weighted by molar-refractivity contribution is 5.88. The maximum absolute atomic E-state index is 13.6. The van der Waals surface area contributed by atoms with Crippen molar-refractivity contribution in [3.8, 4) is 0 Å². The average Bonchev–Trinajstić information content (AvgIpc) is 3.31. The monoisotopic (exact) mass is 543 g/mol. The number of Topliss-reactive ketones (excluding diaryl/α,β-unsaturated/α-hetero) is 1. The summed E-state index contributed by atoms with van der Waals surface area (Å²) in [6.07, 6.45) is 16.5. The molecule has 5 heteroatoms. The summed E-state index contributed by atoms with van der Waals surface area (Å²) in [5.41, 5.74) is 10.8. The van der Waals surface area contributed by atoms with Gasteiger partial charge in [0.05, 0.1) is 5.52 Å². The number of para-hydroxylation sites is 2. The molecule has 2 heterocycles. The van der Waals surface area contributed by atoms with Gasteiger partial charge in [0.2, 0.25) is 0 Å². The van der Waals surface area contributed by atoms with Crippen LogP contribution in [-0.4, -0.2) is 21.4 Å². The smallest absolute Gasteiger partial charge is 0.134 e. The van der Waals surface area contributed by atoms with Crippen molar-refractivity contribution in [2.24, 2.45) is 17.6 Å². The highest BCUT2D eigenvalue weighted by Crippen LogP contribution is 2.38. The molecule has 2 saturated carbocycles. The number of ketones is 1. The van der Waals surface area contributed by atoms with Crippen LogP contribution in [0.5, 0.6) is 0 Å². The summed E-state index contributed by atoms with van der Waals surface area (Å²) in [7, 11) is 0. The van der Waals surface area contributed by atoms with Crippen molar-refractivity contribution in [2.75, 3.05) is 0 Å². The van der Waals surface area contributed by atoms with E-state index in [4.69, 9.17) is 10.7 Å². The van der Waals surface area contributed by atoms with Crippen molar-refractivity contribution in [3.63, 3.8) is 0 Å². The van der Waals surface area contributed by atoms with Gasteiger partial charge in [0.1, 0.15) is 5.78 Å². The minimum Gasteiger partial charge on any atom is -0.347 e. The Kier molecular flexibility index (Phi) is 9.04. The predicted octanol–water partition coefficient (Wildman–Crippen LogP) is 8.19. The van der Waals surface area contributed by atoms with Gasteiger partial charge in [-0.15, -0.1) is 12.4 Å². The summed E-state index contributed by atoms with van der Waals surface area (Å²) in [4.78, 5) is 18.4. The number of pyridine rings is 1. The summed E-state index contributed by atoms with van der Waals surface area (Å²) in [5, 5.41) is 2.41. The Morgan fingerprint density at radius 1 is 0.923 bits per heavy atom. The molecule has 2 aliphatic carbocycles. The van der Waals surface area contributed by atoms with Crippen molar-refractivity contribution < 1.29 is 4.79 Å². The number of carbonyl (C=O) groups is 1. The molecular weight excluding hydrogens is 502 g/mol. The van der Waals surface area contributed by atoms with E-state index >= 15 is 0 Å². The van der Waals surface area contributed by atoms with Gasteiger partial charge in [-0.3, -0.25) is 9.78 Å². The maximum atomic E-state index is 13.6. The van der Waals surface area contributed by atoms with E-state index in [1.54, 1.807) is 0 Å². The Labute approximate surface area is 238 Å². The van der Waals surface area contributed by atoms with Gasteiger partial charge in [-0.1, -0.05) is 55.7 Å². The predicted molar refractivity (Wildman–Crippen MR) is 164 cm³/mol. The van der Waals surface area contributed by atoms with Crippen LogP contribution in [0.4, 0.5) is 0 Å². The van der Waals surface area contributed by atoms with Crippen LogP contribution in [0.25, 0.3) is 21.8 Å². The number of nitrogens with zero attached hydrogens (tertiary/aromatic N) is 2. The van der Waals surface area contributed by atoms with Crippen molar-refractivity contribution in [1.82, 2.24) is 9.55 Å². The topological polar surface area (TPSA) is 60.9 Å². The van der Waals surface area contributed by atoms with Gasteiger partial charge in [-0.05, 0) is 79.7 Å². The first-order chi connectivity index (χ1) is 18.6. The highest BCUT2D eigenvalue weighted by atomic mass is 35.5. The quantitative estimate of drug-likeness (QED) is 0.243. The van der Waals surface area contributed by atoms with Gasteiger partial charge in [-0.2, -0.15) is 0 Å². The number of halogens is 1. The Morgan fingerprint density at radius 3 is 2.49 bits per heavy atom. The first-order valence-electron chi connectivity index (χ1n) is 14.8. The van der Waals surface area contributed by atoms with Crippen LogP contribution < -0.4 is 5.73 Å². The number of carbonyl (C=O) groups excluding carboxylic acids is 1. The molecular formula is C34H42ClN3O. The zero-order chi connectivity index (χ0) is 25.9. The van der Waals surface area contributed by atoms with Gasteiger partial charge >= 0.3 is 0 Å². The van der Waals surface area contributed by atoms with Crippen LogP contribution in [0.2, 0.25) is 0 Å². The van der Waals surface area contributed by atoms with E-state index in [0.29, 0.717) is 30.6 Å². The van der Waals surface area contributed by atoms with Crippen molar-refractivity contribution in [2.45, 2.75) is 89.1 Å². The molecule has 0 radical (unpaired) electrons. The van der Waals surface area contributed by atoms with E-state index in [9.17, 15) is 4.79 Å². The second kappa shape index (κ2) is 12.7. The lowest BCUT2D eigenvalue weighted by Gasteiger charge is -2.26. The molecule has 0 aliphatic heterocycles. The Bertz CT molecular complexity index is 1400. The summed E-state index contributed by atoms with van der Waals surface area (Å²) in [5.74, 6) is 1.59. The first kappa shape index (κ1) is 27.9. The molecule has 6 rings (SSSR count). The Hall–Kier alpha value is -2.69. The largest absolute Gasteiger partial charge is 0.347 e. The summed E-state index contributed by atoms with van der Waals surface area (Å²) in [6.45, 7) is 1.07. The van der Waals surface area contributed by atoms with E-state index in [0.717, 1.165) is 54.6 Å². The normalized spacial score (nSPS) is 21.1. The number of benzene rings is 2. The number of hydrogen-bond donors (Lipinski definition) is 1. The zero-order valence-electron chi connectivity index (χ0n) is 22.9. The highest BCUT2D eigenvalue weighted by Gasteiger charge is 2.27. The molecule has 2 aromatic heterocycles. The number of fused-ring (bicyclic) bond motifs is 2. The van der Waals surface area contributed by atoms with Crippen LogP contribution in [0, 0.1) is 11.8 Å². The fourth-order valence-electron chi connectivity index (χ4n) is 7.06. The van der Waals surface area contributed by atoms with E-state index in [1.807, 2.05) is 12.3 Å². The minimum atomic E-state index is 0. The fraction of sp³-hybridized carbons (Fsp3) is 0.471. The molecule has 2 N–H and O–H groups in total. The zero-order valence-corrected chi connectivity index (χ0v) is 23.8. The molecule has 0 saturated heterocycles. The number of aromatic nitrogens is 2. The molecule has 2 aliphatic rings. The molecule has 4 aromatic rings. The third-order valence-electron chi connectivity index (χ3n) is 9.23. The molecule has 0 spiro atoms. The molecule has 39 heavy (non-hydrogen) atoms. The molecule has 1 unspecified atom stereocenters. The molecule has 206 valence electrons. The molecule has 0 amide bonds. The van der Waals surface area contributed by atoms with E-state index in [-0.39, 0.29) is 18.3 Å². The number of nitrogens with two attached hydrogens (primary N) is 1. The standard InChI is InChI=1S/C34H41N3O.ClH/c35-28-16-14-24(15-17-28)18-29(38)20-31(27-19-26-10-4-6-12-33(26)36-21-27)32-23-37(22-25-8-2-1-3-9-25)34-13-7-5-11-30(32)34;/h4-7,10-13,19,21,23-25,28,31H,1-3,8-9,14-18,20,22,35H2;1H. The molecule has 2 fully saturated rings. The van der Waals surface area contributed by atoms with Gasteiger partial charge < -0.3 is 10.3 Å². The van der Waals surface area contributed by atoms with E-state index in [1.165, 1.54) is 48.6 Å². The summed E-state index contributed by atoms with van der Waals surface area (Å²) in [6, 6.07) is 19.6. The number of hydrogen-bond acceptors (Lipinski definition) is 3. The van der Waals surface area contributed by atoms with E-state index in [2.05, 4.69) is 59.3 Å². The SMILES string of the molecule is Cl.NC1CCC(CC(=O)CC(c2cnc3ccccc3c2)c2cn(CC3CCCCC3)c3ccccc23)CC1. The lowest BCUT2D eigenvalue weighted by molar-refractivity contribution is -0.120. The summed E-state index contributed by atoms with van der Waals surface area (Å²) < 4.78 is 2.48. The first-order valence-corrected chi connectivity index (χ1v) is 14.8. The van der Waals surface area contributed by atoms with E-state index < -0.39 is 0 Å². The third-order valence-corrected chi connectivity index (χ3v) is 9.23. The Morgan fingerprint density at radius 2 is 1.67 bits per heavy atom. The molecule has 4 nitrogen and oxygen atoms in total. The fourth-order valence-corrected chi connectivity index (χ4v) is 7.06. The number of rotatable bonds is 8. The van der Waals surface area contributed by atoms with Crippen LogP contribution in [-0.2, 0) is 11.3 Å². The third kappa shape index (κ3) is 6.39. The lowest BCUT2D eigenvalue weighted by Crippen LogP contribution is -2.27. The van der Waals surface area contributed by atoms with Gasteiger partial charge in [0.15, 0.2) is 0 Å². The molecule has 1 atom stereocenters. The van der Waals surface area contributed by atoms with Crippen LogP contribution in [0.3, 0.4) is 0 Å². The van der Waals surface area contributed by atoms with Crippen LogP contribution in [0.15, 0.2) is 67.0 Å². The second-order valence-corrected chi connectivity index (χ2v) is 12.0. The summed E-state index contributed by atoms with van der Waals surface area (Å²) >= 11 is 0. The van der Waals surface area contributed by atoms with Crippen molar-refractivity contribution in [1.29, 1.82) is 0 Å².